The fourth-order valence-corrected chi connectivity index (χ4v) is 2.80. The molecule has 1 aliphatic rings. The Morgan fingerprint density at radius 2 is 2.08 bits per heavy atom. The lowest BCUT2D eigenvalue weighted by molar-refractivity contribution is -0.108. The third-order valence-corrected chi connectivity index (χ3v) is 4.98. The van der Waals surface area contributed by atoms with Crippen molar-refractivity contribution >= 4 is 0 Å². The number of morpholine rings is 1. The topological polar surface area (TPSA) is 56.7 Å². The second-order valence-corrected chi connectivity index (χ2v) is 7.10. The Bertz CT molecular complexity index is 667. The monoisotopic (exact) mass is 361 g/mol. The molecule has 0 aliphatic carbocycles. The fraction of sp³-hybridized carbons (Fsp3) is 0.600. The first kappa shape index (κ1) is 20.4. The van der Waals surface area contributed by atoms with Crippen LogP contribution in [-0.4, -0.2) is 60.4 Å². The maximum absolute atomic E-state index is 6.09. The third-order valence-electron chi connectivity index (χ3n) is 4.98. The van der Waals surface area contributed by atoms with Crippen LogP contribution in [0.2, 0.25) is 0 Å². The quantitative estimate of drug-likeness (QED) is 0.803. The van der Waals surface area contributed by atoms with Gasteiger partial charge in [0.15, 0.2) is 11.5 Å². The Morgan fingerprint density at radius 1 is 1.31 bits per heavy atom. The molecule has 26 heavy (non-hydrogen) atoms. The number of hydrogen-bond donors (Lipinski definition) is 0. The molecule has 0 spiro atoms. The first-order valence-electron chi connectivity index (χ1n) is 9.04. The number of likely N-dealkylation sites (N-methyl/N-ethyl adjacent to an activating group) is 1. The molecule has 0 radical (unpaired) electrons. The fourth-order valence-electron chi connectivity index (χ4n) is 2.80. The summed E-state index contributed by atoms with van der Waals surface area (Å²) >= 11 is 0. The number of aromatic nitrogens is 2. The van der Waals surface area contributed by atoms with Crippen molar-refractivity contribution in [2.75, 3.05) is 33.9 Å². The zero-order valence-electron chi connectivity index (χ0n) is 16.8. The number of methoxy groups -OCH3 is 1. The van der Waals surface area contributed by atoms with Gasteiger partial charge in [-0.3, -0.25) is 4.90 Å². The van der Waals surface area contributed by atoms with Gasteiger partial charge < -0.3 is 14.2 Å². The van der Waals surface area contributed by atoms with Crippen molar-refractivity contribution in [3.8, 4) is 11.5 Å². The van der Waals surface area contributed by atoms with E-state index in [1.165, 1.54) is 6.33 Å². The number of hydrogen-bond acceptors (Lipinski definition) is 6. The lowest BCUT2D eigenvalue weighted by atomic mass is 9.96. The molecule has 1 aliphatic heterocycles. The van der Waals surface area contributed by atoms with E-state index in [0.717, 1.165) is 24.2 Å². The van der Waals surface area contributed by atoms with Crippen molar-refractivity contribution in [3.63, 3.8) is 0 Å². The van der Waals surface area contributed by atoms with Gasteiger partial charge in [-0.15, -0.1) is 0 Å². The molecule has 0 amide bonds. The minimum atomic E-state index is 0.0180. The molecule has 2 atom stereocenters. The van der Waals surface area contributed by atoms with Crippen molar-refractivity contribution < 1.29 is 14.2 Å². The Hall–Kier alpha value is -1.92. The summed E-state index contributed by atoms with van der Waals surface area (Å²) < 4.78 is 17.7. The highest BCUT2D eigenvalue weighted by molar-refractivity contribution is 5.39. The Kier molecular flexibility index (Phi) is 7.17. The van der Waals surface area contributed by atoms with Gasteiger partial charge in [0.25, 0.3) is 0 Å². The van der Waals surface area contributed by atoms with Crippen LogP contribution in [0.3, 0.4) is 0 Å². The summed E-state index contributed by atoms with van der Waals surface area (Å²) in [5.41, 5.74) is 1.84. The third kappa shape index (κ3) is 5.29. The van der Waals surface area contributed by atoms with Crippen molar-refractivity contribution in [2.24, 2.45) is 0 Å². The van der Waals surface area contributed by atoms with E-state index in [2.05, 4.69) is 35.8 Å². The van der Waals surface area contributed by atoms with Crippen LogP contribution < -0.4 is 9.47 Å². The van der Waals surface area contributed by atoms with Crippen LogP contribution in [0.4, 0.5) is 0 Å². The largest absolute Gasteiger partial charge is 0.493 e. The molecule has 2 rings (SSSR count). The Balaban J connectivity index is 2.20. The van der Waals surface area contributed by atoms with Crippen molar-refractivity contribution in [3.05, 3.63) is 35.9 Å². The van der Waals surface area contributed by atoms with Crippen LogP contribution in [-0.2, 0) is 4.74 Å². The van der Waals surface area contributed by atoms with Crippen LogP contribution in [0.5, 0.6) is 11.5 Å². The maximum Gasteiger partial charge on any atom is 0.163 e. The number of ether oxygens (including phenoxy) is 3. The van der Waals surface area contributed by atoms with E-state index in [4.69, 9.17) is 14.2 Å². The molecule has 0 aromatic carbocycles. The number of aryl methyl sites for hydroxylation is 2. The second kappa shape index (κ2) is 9.14. The molecule has 1 aromatic rings. The van der Waals surface area contributed by atoms with Gasteiger partial charge in [0.05, 0.1) is 13.7 Å². The first-order valence-corrected chi connectivity index (χ1v) is 9.04. The van der Waals surface area contributed by atoms with Crippen LogP contribution in [0, 0.1) is 13.8 Å². The molecule has 0 N–H and O–H groups in total. The normalized spacial score (nSPS) is 23.2. The minimum absolute atomic E-state index is 0.0180. The summed E-state index contributed by atoms with van der Waals surface area (Å²) in [6.07, 6.45) is 4.35. The van der Waals surface area contributed by atoms with E-state index in [-0.39, 0.29) is 11.6 Å². The predicted octanol–water partition coefficient (Wildman–Crippen LogP) is 3.10. The smallest absolute Gasteiger partial charge is 0.163 e. The van der Waals surface area contributed by atoms with Gasteiger partial charge >= 0.3 is 0 Å². The summed E-state index contributed by atoms with van der Waals surface area (Å²) in [5.74, 6) is 1.29. The van der Waals surface area contributed by atoms with E-state index in [1.54, 1.807) is 13.3 Å². The van der Waals surface area contributed by atoms with Gasteiger partial charge in [-0.1, -0.05) is 6.92 Å². The lowest BCUT2D eigenvalue weighted by Gasteiger charge is -2.45. The Morgan fingerprint density at radius 3 is 2.73 bits per heavy atom. The van der Waals surface area contributed by atoms with Crippen molar-refractivity contribution in [1.29, 1.82) is 0 Å². The summed E-state index contributed by atoms with van der Waals surface area (Å²) in [4.78, 5) is 10.8. The molecule has 1 aromatic heterocycles. The van der Waals surface area contributed by atoms with Crippen molar-refractivity contribution in [1.82, 2.24) is 14.9 Å². The highest BCUT2D eigenvalue weighted by atomic mass is 16.5. The van der Waals surface area contributed by atoms with Gasteiger partial charge in [0, 0.05) is 30.0 Å². The molecule has 2 heterocycles. The highest BCUT2D eigenvalue weighted by Gasteiger charge is 2.35. The van der Waals surface area contributed by atoms with Gasteiger partial charge in [-0.2, -0.15) is 0 Å². The molecular formula is C20H31N3O3. The van der Waals surface area contributed by atoms with E-state index in [0.29, 0.717) is 24.7 Å². The van der Waals surface area contributed by atoms with Gasteiger partial charge in [-0.25, -0.2) is 9.97 Å². The van der Waals surface area contributed by atoms with Crippen LogP contribution in [0.25, 0.3) is 0 Å². The summed E-state index contributed by atoms with van der Waals surface area (Å²) in [5, 5.41) is 0. The van der Waals surface area contributed by atoms with Gasteiger partial charge in [-0.05, 0) is 45.9 Å². The Labute approximate surface area is 156 Å². The van der Waals surface area contributed by atoms with Crippen LogP contribution >= 0.6 is 0 Å². The number of nitrogens with zero attached hydrogens (tertiary/aromatic N) is 3. The van der Waals surface area contributed by atoms with Gasteiger partial charge in [0.1, 0.15) is 19.0 Å². The number of rotatable bonds is 5. The lowest BCUT2D eigenvalue weighted by Crippen LogP contribution is -2.56. The average Bonchev–Trinajstić information content (AvgIpc) is 2.63. The molecule has 2 unspecified atom stereocenters. The minimum Gasteiger partial charge on any atom is -0.493 e. The molecule has 6 heteroatoms. The van der Waals surface area contributed by atoms with Gasteiger partial charge in [0.2, 0.25) is 0 Å². The SMILES string of the molecule is CCC1(C)COC(COc2cc(C)ncncc(C)cc2OC)CN1C. The van der Waals surface area contributed by atoms with E-state index in [1.807, 2.05) is 26.0 Å². The first-order chi connectivity index (χ1) is 12.4. The highest BCUT2D eigenvalue weighted by Crippen LogP contribution is 2.28. The zero-order valence-corrected chi connectivity index (χ0v) is 16.8. The van der Waals surface area contributed by atoms with Crippen LogP contribution in [0.15, 0.2) is 24.7 Å². The molecule has 1 fully saturated rings. The molecule has 0 bridgehead atoms. The molecule has 6 nitrogen and oxygen atoms in total. The second-order valence-electron chi connectivity index (χ2n) is 7.10. The summed E-state index contributed by atoms with van der Waals surface area (Å²) in [6.45, 7) is 10.3. The maximum atomic E-state index is 6.09. The molecule has 1 saturated heterocycles. The van der Waals surface area contributed by atoms with Crippen LogP contribution in [0.1, 0.15) is 31.5 Å². The van der Waals surface area contributed by atoms with E-state index in [9.17, 15) is 0 Å². The average molecular weight is 361 g/mol. The van der Waals surface area contributed by atoms with E-state index < -0.39 is 0 Å². The molecule has 144 valence electrons. The molecule has 0 saturated carbocycles. The van der Waals surface area contributed by atoms with E-state index >= 15 is 0 Å². The molecular weight excluding hydrogens is 330 g/mol. The summed E-state index contributed by atoms with van der Waals surface area (Å²) in [6, 6.07) is 3.77. The predicted molar refractivity (Wildman–Crippen MR) is 102 cm³/mol. The summed E-state index contributed by atoms with van der Waals surface area (Å²) in [7, 11) is 3.78. The van der Waals surface area contributed by atoms with Crippen molar-refractivity contribution in [2.45, 2.75) is 45.8 Å². The zero-order chi connectivity index (χ0) is 19.2. The standard InChI is InChI=1S/C20H31N3O3/c1-7-20(4)13-26-17(11-23(20)5)12-25-19-9-16(3)22-14-21-10-15(2)8-18(19)24-6/h8-10,14,17H,7,11-13H2,1-6H3.